The Hall–Kier alpha value is 0.540. The molecule has 0 aromatic carbocycles. The Morgan fingerprint density at radius 2 is 1.62 bits per heavy atom. The van der Waals surface area contributed by atoms with Gasteiger partial charge in [0.1, 0.15) is 0 Å². The van der Waals surface area contributed by atoms with Crippen LogP contribution in [0.25, 0.3) is 0 Å². The van der Waals surface area contributed by atoms with E-state index < -0.39 is 0 Å². The SMILES string of the molecule is CC[C@H]1[C@H](O)C[C@H]2[C@@H]3CCC4CCCC[C@]4(C)[C@@H]3CC[C@@]21C.Cl.Cl. The number of halogens is 2. The maximum atomic E-state index is 10.7. The van der Waals surface area contributed by atoms with Crippen molar-refractivity contribution in [2.24, 2.45) is 40.4 Å². The molecule has 1 N–H and O–H groups in total. The molecule has 0 aromatic heterocycles. The van der Waals surface area contributed by atoms with Crippen molar-refractivity contribution in [2.75, 3.05) is 0 Å². The quantitative estimate of drug-likeness (QED) is 0.572. The zero-order chi connectivity index (χ0) is 15.5. The third-order valence-corrected chi connectivity index (χ3v) is 9.27. The Morgan fingerprint density at radius 3 is 2.33 bits per heavy atom. The highest BCUT2D eigenvalue weighted by molar-refractivity contribution is 5.85. The number of aliphatic hydroxyl groups is 1. The highest BCUT2D eigenvalue weighted by Gasteiger charge is 2.61. The van der Waals surface area contributed by atoms with Gasteiger partial charge in [0.05, 0.1) is 6.10 Å². The van der Waals surface area contributed by atoms with E-state index >= 15 is 0 Å². The molecule has 142 valence electrons. The van der Waals surface area contributed by atoms with Crippen LogP contribution in [0.3, 0.4) is 0 Å². The van der Waals surface area contributed by atoms with Crippen molar-refractivity contribution in [1.82, 2.24) is 0 Å². The van der Waals surface area contributed by atoms with Gasteiger partial charge in [-0.2, -0.15) is 0 Å². The van der Waals surface area contributed by atoms with E-state index in [2.05, 4.69) is 20.8 Å². The van der Waals surface area contributed by atoms with E-state index in [0.29, 0.717) is 16.7 Å². The molecule has 4 saturated carbocycles. The van der Waals surface area contributed by atoms with Crippen molar-refractivity contribution in [2.45, 2.75) is 91.1 Å². The van der Waals surface area contributed by atoms with E-state index in [4.69, 9.17) is 0 Å². The molecule has 0 heterocycles. The molecular formula is C21H38Cl2O. The molecule has 4 aliphatic rings. The second-order valence-electron chi connectivity index (χ2n) is 9.77. The van der Waals surface area contributed by atoms with Crippen LogP contribution in [-0.4, -0.2) is 11.2 Å². The van der Waals surface area contributed by atoms with Crippen molar-refractivity contribution in [3.63, 3.8) is 0 Å². The molecule has 1 nitrogen and oxygen atoms in total. The predicted molar refractivity (Wildman–Crippen MR) is 106 cm³/mol. The highest BCUT2D eigenvalue weighted by Crippen LogP contribution is 2.67. The molecule has 3 heteroatoms. The van der Waals surface area contributed by atoms with Crippen molar-refractivity contribution in [3.8, 4) is 0 Å². The molecular weight excluding hydrogens is 339 g/mol. The van der Waals surface area contributed by atoms with Crippen molar-refractivity contribution in [1.29, 1.82) is 0 Å². The molecule has 4 rings (SSSR count). The van der Waals surface area contributed by atoms with Crippen LogP contribution < -0.4 is 0 Å². The first-order valence-electron chi connectivity index (χ1n) is 10.2. The standard InChI is InChI=1S/C21H36O.2ClH/c1-4-16-19(22)13-18-15-9-8-14-7-5-6-11-20(14,2)17(15)10-12-21(16,18)3;;/h14-19,22H,4-13H2,1-3H3;2*1H/t14?,15-,16+,17-,18+,19-,20+,21-;;/m1../s1. The van der Waals surface area contributed by atoms with Crippen LogP contribution in [0.15, 0.2) is 0 Å². The first-order valence-corrected chi connectivity index (χ1v) is 10.2. The maximum absolute atomic E-state index is 10.7. The summed E-state index contributed by atoms with van der Waals surface area (Å²) < 4.78 is 0. The van der Waals surface area contributed by atoms with Crippen LogP contribution in [0.4, 0.5) is 0 Å². The summed E-state index contributed by atoms with van der Waals surface area (Å²) in [4.78, 5) is 0. The summed E-state index contributed by atoms with van der Waals surface area (Å²) in [6.45, 7) is 7.49. The molecule has 0 aliphatic heterocycles. The highest BCUT2D eigenvalue weighted by atomic mass is 35.5. The van der Waals surface area contributed by atoms with Gasteiger partial charge in [0, 0.05) is 0 Å². The minimum Gasteiger partial charge on any atom is -0.393 e. The van der Waals surface area contributed by atoms with E-state index in [-0.39, 0.29) is 30.9 Å². The number of hydrogen-bond acceptors (Lipinski definition) is 1. The molecule has 1 unspecified atom stereocenters. The molecule has 0 saturated heterocycles. The van der Waals surface area contributed by atoms with E-state index in [1.807, 2.05) is 0 Å². The Kier molecular flexibility index (Phi) is 6.32. The molecule has 0 spiro atoms. The Balaban J connectivity index is 0.00000104. The lowest BCUT2D eigenvalue weighted by molar-refractivity contribution is -0.111. The third-order valence-electron chi connectivity index (χ3n) is 9.27. The molecule has 0 bridgehead atoms. The normalized spacial score (nSPS) is 53.0. The Labute approximate surface area is 161 Å². The van der Waals surface area contributed by atoms with Crippen LogP contribution >= 0.6 is 24.8 Å². The minimum atomic E-state index is -0.0179. The lowest BCUT2D eigenvalue weighted by atomic mass is 9.45. The summed E-state index contributed by atoms with van der Waals surface area (Å²) in [5.74, 6) is 4.28. The minimum absolute atomic E-state index is 0. The number of aliphatic hydroxyl groups excluding tert-OH is 1. The average molecular weight is 377 g/mol. The van der Waals surface area contributed by atoms with Gasteiger partial charge in [-0.1, -0.05) is 40.0 Å². The van der Waals surface area contributed by atoms with Gasteiger partial charge in [-0.3, -0.25) is 0 Å². The van der Waals surface area contributed by atoms with E-state index in [9.17, 15) is 5.11 Å². The molecule has 24 heavy (non-hydrogen) atoms. The van der Waals surface area contributed by atoms with Crippen molar-refractivity contribution >= 4 is 24.8 Å². The monoisotopic (exact) mass is 376 g/mol. The molecule has 4 fully saturated rings. The number of rotatable bonds is 1. The van der Waals surface area contributed by atoms with Gasteiger partial charge in [0.2, 0.25) is 0 Å². The van der Waals surface area contributed by atoms with Crippen LogP contribution in [-0.2, 0) is 0 Å². The van der Waals surface area contributed by atoms with Crippen LogP contribution in [0.2, 0.25) is 0 Å². The zero-order valence-corrected chi connectivity index (χ0v) is 17.4. The van der Waals surface area contributed by atoms with Crippen molar-refractivity contribution < 1.29 is 5.11 Å². The second-order valence-corrected chi connectivity index (χ2v) is 9.77. The molecule has 0 amide bonds. The first-order chi connectivity index (χ1) is 10.5. The summed E-state index contributed by atoms with van der Waals surface area (Å²) in [5, 5.41) is 10.7. The second kappa shape index (κ2) is 7.28. The fourth-order valence-corrected chi connectivity index (χ4v) is 8.15. The van der Waals surface area contributed by atoms with Gasteiger partial charge in [0.25, 0.3) is 0 Å². The lowest BCUT2D eigenvalue weighted by Crippen LogP contribution is -2.52. The van der Waals surface area contributed by atoms with Crippen LogP contribution in [0.5, 0.6) is 0 Å². The molecule has 8 atom stereocenters. The average Bonchev–Trinajstić information content (AvgIpc) is 2.76. The first kappa shape index (κ1) is 20.8. The molecule has 4 aliphatic carbocycles. The van der Waals surface area contributed by atoms with Gasteiger partial charge in [-0.15, -0.1) is 24.8 Å². The number of fused-ring (bicyclic) bond motifs is 5. The van der Waals surface area contributed by atoms with E-state index in [0.717, 1.165) is 30.1 Å². The fourth-order valence-electron chi connectivity index (χ4n) is 8.15. The predicted octanol–water partition coefficient (Wildman–Crippen LogP) is 6.26. The third kappa shape index (κ3) is 2.76. The Morgan fingerprint density at radius 1 is 0.875 bits per heavy atom. The van der Waals surface area contributed by atoms with E-state index in [1.54, 1.807) is 0 Å². The summed E-state index contributed by atoms with van der Waals surface area (Å²) in [6, 6.07) is 0. The molecule has 0 aromatic rings. The van der Waals surface area contributed by atoms with Crippen molar-refractivity contribution in [3.05, 3.63) is 0 Å². The largest absolute Gasteiger partial charge is 0.393 e. The smallest absolute Gasteiger partial charge is 0.0576 e. The van der Waals surface area contributed by atoms with Gasteiger partial charge in [-0.25, -0.2) is 0 Å². The van der Waals surface area contributed by atoms with Crippen LogP contribution in [0.1, 0.15) is 85.0 Å². The van der Waals surface area contributed by atoms with E-state index in [1.165, 1.54) is 57.8 Å². The van der Waals surface area contributed by atoms with Gasteiger partial charge >= 0.3 is 0 Å². The van der Waals surface area contributed by atoms with Gasteiger partial charge in [0.15, 0.2) is 0 Å². The maximum Gasteiger partial charge on any atom is 0.0576 e. The number of hydrogen-bond donors (Lipinski definition) is 1. The zero-order valence-electron chi connectivity index (χ0n) is 15.8. The molecule has 0 radical (unpaired) electrons. The lowest BCUT2D eigenvalue weighted by Gasteiger charge is -2.60. The summed E-state index contributed by atoms with van der Waals surface area (Å²) in [7, 11) is 0. The fraction of sp³-hybridized carbons (Fsp3) is 1.00. The Bertz CT molecular complexity index is 436. The van der Waals surface area contributed by atoms with Gasteiger partial charge < -0.3 is 5.11 Å². The van der Waals surface area contributed by atoms with Crippen LogP contribution in [0, 0.1) is 40.4 Å². The topological polar surface area (TPSA) is 20.2 Å². The summed E-state index contributed by atoms with van der Waals surface area (Å²) >= 11 is 0. The summed E-state index contributed by atoms with van der Waals surface area (Å²) in [6.07, 6.45) is 14.0. The summed E-state index contributed by atoms with van der Waals surface area (Å²) in [5.41, 5.74) is 1.07. The van der Waals surface area contributed by atoms with Gasteiger partial charge in [-0.05, 0) is 85.4 Å².